The van der Waals surface area contributed by atoms with E-state index in [9.17, 15) is 5.26 Å². The van der Waals surface area contributed by atoms with Gasteiger partial charge in [0, 0.05) is 82.5 Å². The van der Waals surface area contributed by atoms with Crippen LogP contribution in [-0.4, -0.2) is 28.2 Å². The molecule has 7 heteroatoms. The van der Waals surface area contributed by atoms with Crippen LogP contribution in [0.5, 0.6) is 0 Å². The molecule has 13 aromatic carbocycles. The molecule has 0 atom stereocenters. The van der Waals surface area contributed by atoms with Crippen molar-refractivity contribution in [3.63, 3.8) is 0 Å². The Hall–Kier alpha value is -12.4. The van der Waals surface area contributed by atoms with Crippen LogP contribution in [0.2, 0.25) is 0 Å². The lowest BCUT2D eigenvalue weighted by Gasteiger charge is -2.11. The normalized spacial score (nSPS) is 11.8. The van der Waals surface area contributed by atoms with Gasteiger partial charge in [-0.15, -0.1) is 0 Å². The van der Waals surface area contributed by atoms with Crippen LogP contribution in [0.4, 0.5) is 0 Å². The minimum absolute atomic E-state index is 0.590. The fourth-order valence-electron chi connectivity index (χ4n) is 14.0. The summed E-state index contributed by atoms with van der Waals surface area (Å²) in [6, 6.07) is 113. The SMILES string of the molecule is N#Cc1ccc(-c2cc(-c3ccc4c(c3)c3ccc(-c5ccc6c(c5)c5ccccc5n6-c5ccccc5)cc3n4-c3ccccc3)nc(-c3ccc4c(c3)c3ccc(-c5ccc6c(c5)c5ccccc5n6-c5ccccc5)cc3n4-c3ccccc3)n2)cc1. The maximum Gasteiger partial charge on any atom is 0.160 e. The van der Waals surface area contributed by atoms with E-state index in [1.807, 2.05) is 24.3 Å². The minimum Gasteiger partial charge on any atom is -0.309 e. The van der Waals surface area contributed by atoms with Crippen molar-refractivity contribution in [1.82, 2.24) is 28.2 Å². The molecule has 0 unspecified atom stereocenters. The standard InChI is InChI=1S/C83H51N7/c84-52-53-29-31-54(32-30-53)73-51-74(59-37-43-79-71(47-59)67-39-33-57(49-81(67)89(79)63-21-9-3-10-22-63)55-35-41-77-69(45-55)65-25-13-15-27-75(65)87(77)61-17-5-1-6-18-61)86-83(85-73)60-38-44-80-72(48-60)68-40-34-58(50-82(68)90(80)64-23-11-4-12-24-64)56-36-42-78-70(46-56)66-26-14-16-28-76(66)88(78)62-19-7-2-8-20-62/h1-51H. The Labute approximate surface area is 517 Å². The second-order valence-electron chi connectivity index (χ2n) is 23.3. The van der Waals surface area contributed by atoms with Crippen LogP contribution in [-0.2, 0) is 0 Å². The number of benzene rings is 13. The Morgan fingerprint density at radius 3 is 0.956 bits per heavy atom. The van der Waals surface area contributed by atoms with Crippen molar-refractivity contribution in [3.8, 4) is 85.0 Å². The maximum atomic E-state index is 9.84. The van der Waals surface area contributed by atoms with Crippen LogP contribution >= 0.6 is 0 Å². The predicted octanol–water partition coefficient (Wildman–Crippen LogP) is 21.1. The summed E-state index contributed by atoms with van der Waals surface area (Å²) in [6.45, 7) is 0. The van der Waals surface area contributed by atoms with Crippen molar-refractivity contribution in [2.45, 2.75) is 0 Å². The molecule has 0 amide bonds. The summed E-state index contributed by atoms with van der Waals surface area (Å²) in [6.07, 6.45) is 0. The Bertz CT molecular complexity index is 5610. The Morgan fingerprint density at radius 1 is 0.222 bits per heavy atom. The molecule has 0 saturated carbocycles. The van der Waals surface area contributed by atoms with E-state index in [4.69, 9.17) is 9.97 Å². The van der Waals surface area contributed by atoms with Crippen LogP contribution in [0.3, 0.4) is 0 Å². The second kappa shape index (κ2) is 20.4. The van der Waals surface area contributed by atoms with Crippen LogP contribution in [0.1, 0.15) is 5.56 Å². The summed E-state index contributed by atoms with van der Waals surface area (Å²) >= 11 is 0. The zero-order chi connectivity index (χ0) is 59.4. The summed E-state index contributed by atoms with van der Waals surface area (Å²) < 4.78 is 9.50. The first-order valence-corrected chi connectivity index (χ1v) is 30.4. The number of hydrogen-bond donors (Lipinski definition) is 0. The summed E-state index contributed by atoms with van der Waals surface area (Å²) in [5, 5.41) is 19.2. The predicted molar refractivity (Wildman–Crippen MR) is 371 cm³/mol. The van der Waals surface area contributed by atoms with E-state index in [1.165, 1.54) is 43.6 Å². The van der Waals surface area contributed by atoms with E-state index in [0.29, 0.717) is 11.4 Å². The monoisotopic (exact) mass is 1150 g/mol. The molecule has 0 fully saturated rings. The number of nitriles is 1. The molecule has 0 saturated heterocycles. The number of rotatable bonds is 9. The van der Waals surface area contributed by atoms with Gasteiger partial charge < -0.3 is 18.3 Å². The molecule has 0 bridgehead atoms. The second-order valence-corrected chi connectivity index (χ2v) is 23.3. The Kier molecular flexibility index (Phi) is 11.5. The Morgan fingerprint density at radius 2 is 0.522 bits per heavy atom. The minimum atomic E-state index is 0.590. The van der Waals surface area contributed by atoms with Gasteiger partial charge in [0.2, 0.25) is 0 Å². The lowest BCUT2D eigenvalue weighted by Crippen LogP contribution is -1.97. The topological polar surface area (TPSA) is 69.3 Å². The number of hydrogen-bond acceptors (Lipinski definition) is 3. The third kappa shape index (κ3) is 8.13. The molecular weight excluding hydrogens is 1090 g/mol. The summed E-state index contributed by atoms with van der Waals surface area (Å²) in [4.78, 5) is 10.9. The Balaban J connectivity index is 0.779. The van der Waals surface area contributed by atoms with Gasteiger partial charge in [-0.2, -0.15) is 5.26 Å². The van der Waals surface area contributed by atoms with Crippen molar-refractivity contribution in [2.75, 3.05) is 0 Å². The van der Waals surface area contributed by atoms with E-state index >= 15 is 0 Å². The molecule has 0 aliphatic carbocycles. The highest BCUT2D eigenvalue weighted by Crippen LogP contribution is 2.43. The molecule has 418 valence electrons. The first kappa shape index (κ1) is 50.9. The molecule has 18 aromatic rings. The molecule has 7 nitrogen and oxygen atoms in total. The molecule has 0 aliphatic heterocycles. The molecule has 0 radical (unpaired) electrons. The van der Waals surface area contributed by atoms with Crippen LogP contribution in [0.15, 0.2) is 309 Å². The highest BCUT2D eigenvalue weighted by molar-refractivity contribution is 6.15. The third-order valence-corrected chi connectivity index (χ3v) is 18.2. The first-order valence-electron chi connectivity index (χ1n) is 30.4. The van der Waals surface area contributed by atoms with Crippen LogP contribution in [0.25, 0.3) is 166 Å². The van der Waals surface area contributed by atoms with Crippen molar-refractivity contribution >= 4 is 87.2 Å². The van der Waals surface area contributed by atoms with Gasteiger partial charge in [-0.1, -0.05) is 164 Å². The summed E-state index contributed by atoms with van der Waals surface area (Å²) in [5.41, 5.74) is 23.0. The zero-order valence-corrected chi connectivity index (χ0v) is 48.6. The van der Waals surface area contributed by atoms with Crippen molar-refractivity contribution in [1.29, 1.82) is 5.26 Å². The van der Waals surface area contributed by atoms with E-state index in [1.54, 1.807) is 0 Å². The van der Waals surface area contributed by atoms with Gasteiger partial charge >= 0.3 is 0 Å². The van der Waals surface area contributed by atoms with Crippen molar-refractivity contribution < 1.29 is 0 Å². The lowest BCUT2D eigenvalue weighted by molar-refractivity contribution is 1.17. The van der Waals surface area contributed by atoms with Crippen LogP contribution in [0, 0.1) is 11.3 Å². The number of fused-ring (bicyclic) bond motifs is 12. The highest BCUT2D eigenvalue weighted by atomic mass is 15.0. The van der Waals surface area contributed by atoms with Crippen LogP contribution < -0.4 is 0 Å². The molecule has 0 spiro atoms. The fraction of sp³-hybridized carbons (Fsp3) is 0. The smallest absolute Gasteiger partial charge is 0.160 e. The molecule has 0 N–H and O–H groups in total. The fourth-order valence-corrected chi connectivity index (χ4v) is 14.0. The van der Waals surface area contributed by atoms with Gasteiger partial charge in [0.05, 0.1) is 67.2 Å². The highest BCUT2D eigenvalue weighted by Gasteiger charge is 2.22. The van der Waals surface area contributed by atoms with Crippen molar-refractivity contribution in [3.05, 3.63) is 315 Å². The van der Waals surface area contributed by atoms with Gasteiger partial charge in [-0.25, -0.2) is 9.97 Å². The number of para-hydroxylation sites is 6. The van der Waals surface area contributed by atoms with Gasteiger partial charge in [0.1, 0.15) is 0 Å². The molecule has 0 aliphatic rings. The largest absolute Gasteiger partial charge is 0.309 e. The summed E-state index contributed by atoms with van der Waals surface area (Å²) in [5.74, 6) is 0.606. The number of aromatic nitrogens is 6. The van der Waals surface area contributed by atoms with E-state index in [0.717, 1.165) is 117 Å². The quantitative estimate of drug-likeness (QED) is 0.145. The molecule has 18 rings (SSSR count). The molecule has 90 heavy (non-hydrogen) atoms. The number of nitrogens with zero attached hydrogens (tertiary/aromatic N) is 7. The van der Waals surface area contributed by atoms with Gasteiger partial charge in [0.25, 0.3) is 0 Å². The average molecular weight is 1150 g/mol. The van der Waals surface area contributed by atoms with E-state index in [-0.39, 0.29) is 0 Å². The zero-order valence-electron chi connectivity index (χ0n) is 48.6. The van der Waals surface area contributed by atoms with E-state index < -0.39 is 0 Å². The average Bonchev–Trinajstić information content (AvgIpc) is 1.67. The summed E-state index contributed by atoms with van der Waals surface area (Å²) in [7, 11) is 0. The maximum absolute atomic E-state index is 9.84. The third-order valence-electron chi connectivity index (χ3n) is 18.2. The lowest BCUT2D eigenvalue weighted by atomic mass is 10.00. The molecule has 5 aromatic heterocycles. The van der Waals surface area contributed by atoms with Gasteiger partial charge in [-0.3, -0.25) is 0 Å². The van der Waals surface area contributed by atoms with Gasteiger partial charge in [0.15, 0.2) is 5.82 Å². The van der Waals surface area contributed by atoms with E-state index in [2.05, 4.69) is 309 Å². The first-order chi connectivity index (χ1) is 44.6. The van der Waals surface area contributed by atoms with Crippen molar-refractivity contribution in [2.24, 2.45) is 0 Å². The van der Waals surface area contributed by atoms with Gasteiger partial charge in [-0.05, 0) is 168 Å². The molecular formula is C83H51N7. The molecule has 5 heterocycles.